The summed E-state index contributed by atoms with van der Waals surface area (Å²) in [4.78, 5) is 11.9. The van der Waals surface area contributed by atoms with E-state index in [1.165, 1.54) is 12.1 Å². The number of benzene rings is 1. The van der Waals surface area contributed by atoms with E-state index >= 15 is 0 Å². The number of alkyl halides is 3. The molecule has 1 aliphatic carbocycles. The Morgan fingerprint density at radius 3 is 2.48 bits per heavy atom. The Balaban J connectivity index is 2.17. The van der Waals surface area contributed by atoms with E-state index in [0.717, 1.165) is 31.7 Å². The minimum Gasteiger partial charge on any atom is -0.349 e. The Hall–Kier alpha value is -1.43. The molecule has 0 radical (unpaired) electrons. The molecule has 0 unspecified atom stereocenters. The third-order valence-corrected chi connectivity index (χ3v) is 4.00. The van der Waals surface area contributed by atoms with Crippen molar-refractivity contribution in [2.24, 2.45) is 0 Å². The summed E-state index contributed by atoms with van der Waals surface area (Å²) in [7, 11) is 0. The molecule has 0 bridgehead atoms. The molecule has 0 heterocycles. The summed E-state index contributed by atoms with van der Waals surface area (Å²) in [5.74, 6) is -0.415. The molecule has 1 aromatic rings. The van der Waals surface area contributed by atoms with Crippen molar-refractivity contribution in [2.75, 3.05) is 0 Å². The van der Waals surface area contributed by atoms with Gasteiger partial charge < -0.3 is 5.32 Å². The molecule has 0 saturated heterocycles. The second kappa shape index (κ2) is 6.13. The Morgan fingerprint density at radius 2 is 1.90 bits per heavy atom. The molecule has 0 aliphatic heterocycles. The first-order valence-corrected chi connectivity index (χ1v) is 7.14. The third-order valence-electron chi connectivity index (χ3n) is 3.61. The van der Waals surface area contributed by atoms with Crippen molar-refractivity contribution in [1.29, 1.82) is 0 Å². The Morgan fingerprint density at radius 1 is 1.29 bits per heavy atom. The van der Waals surface area contributed by atoms with E-state index in [-0.39, 0.29) is 22.1 Å². The lowest BCUT2D eigenvalue weighted by Gasteiger charge is -2.15. The number of rotatable bonds is 3. The summed E-state index contributed by atoms with van der Waals surface area (Å²) in [5.41, 5.74) is -0.658. The molecule has 1 amide bonds. The fourth-order valence-electron chi connectivity index (χ4n) is 2.42. The zero-order chi connectivity index (χ0) is 15.6. The normalized spacial score (nSPS) is 16.0. The maximum absolute atomic E-state index is 12.8. The van der Waals surface area contributed by atoms with E-state index in [2.05, 4.69) is 24.5 Å². The van der Waals surface area contributed by atoms with Gasteiger partial charge in [-0.3, -0.25) is 4.79 Å². The maximum atomic E-state index is 12.8. The summed E-state index contributed by atoms with van der Waals surface area (Å²) in [6, 6.07) is 3.67. The van der Waals surface area contributed by atoms with Gasteiger partial charge in [-0.05, 0) is 30.5 Å². The Labute approximate surface area is 126 Å². The van der Waals surface area contributed by atoms with E-state index < -0.39 is 17.6 Å². The maximum Gasteiger partial charge on any atom is 0.417 e. The second-order valence-electron chi connectivity index (χ2n) is 5.16. The lowest BCUT2D eigenvalue weighted by atomic mass is 10.0. The van der Waals surface area contributed by atoms with Crippen molar-refractivity contribution in [3.63, 3.8) is 0 Å². The van der Waals surface area contributed by atoms with Crippen LogP contribution in [0, 0.1) is 0 Å². The van der Waals surface area contributed by atoms with Crippen LogP contribution in [0.4, 0.5) is 13.2 Å². The van der Waals surface area contributed by atoms with Crippen LogP contribution in [0.5, 0.6) is 0 Å². The molecular weight excluding hydrogens is 299 g/mol. The van der Waals surface area contributed by atoms with Gasteiger partial charge in [0.05, 0.1) is 5.56 Å². The van der Waals surface area contributed by atoms with Crippen molar-refractivity contribution < 1.29 is 18.0 Å². The van der Waals surface area contributed by atoms with Gasteiger partial charge in [0, 0.05) is 16.5 Å². The van der Waals surface area contributed by atoms with Crippen LogP contribution in [0.1, 0.15) is 36.8 Å². The SMILES string of the molecule is C=C(C(=O)NC1CCCC1)c1ccc(S)c(C(F)(F)F)c1. The molecule has 1 fully saturated rings. The van der Waals surface area contributed by atoms with Crippen molar-refractivity contribution in [3.8, 4) is 0 Å². The molecule has 21 heavy (non-hydrogen) atoms. The second-order valence-corrected chi connectivity index (χ2v) is 5.64. The summed E-state index contributed by atoms with van der Waals surface area (Å²) in [6.07, 6.45) is -0.575. The minimum atomic E-state index is -4.50. The van der Waals surface area contributed by atoms with Crippen LogP contribution in [0.3, 0.4) is 0 Å². The van der Waals surface area contributed by atoms with Gasteiger partial charge in [0.2, 0.25) is 0 Å². The van der Waals surface area contributed by atoms with Gasteiger partial charge in [-0.25, -0.2) is 0 Å². The van der Waals surface area contributed by atoms with Gasteiger partial charge in [-0.2, -0.15) is 13.2 Å². The number of nitrogens with one attached hydrogen (secondary N) is 1. The van der Waals surface area contributed by atoms with Crippen molar-refractivity contribution in [1.82, 2.24) is 5.32 Å². The van der Waals surface area contributed by atoms with Crippen molar-refractivity contribution in [3.05, 3.63) is 35.9 Å². The fraction of sp³-hybridized carbons (Fsp3) is 0.400. The molecule has 2 rings (SSSR count). The van der Waals surface area contributed by atoms with Crippen LogP contribution >= 0.6 is 12.6 Å². The number of carbonyl (C=O) groups is 1. The van der Waals surface area contributed by atoms with Crippen LogP contribution in [0.15, 0.2) is 29.7 Å². The lowest BCUT2D eigenvalue weighted by molar-refractivity contribution is -0.139. The summed E-state index contributed by atoms with van der Waals surface area (Å²) in [5, 5.41) is 2.81. The van der Waals surface area contributed by atoms with Gasteiger partial charge in [0.1, 0.15) is 0 Å². The molecular formula is C15H16F3NOS. The first kappa shape index (κ1) is 15.9. The van der Waals surface area contributed by atoms with Crippen LogP contribution in [-0.2, 0) is 11.0 Å². The smallest absolute Gasteiger partial charge is 0.349 e. The van der Waals surface area contributed by atoms with Gasteiger partial charge >= 0.3 is 6.18 Å². The molecule has 0 spiro atoms. The highest BCUT2D eigenvalue weighted by Gasteiger charge is 2.33. The Bertz CT molecular complexity index is 563. The number of carbonyl (C=O) groups excluding carboxylic acids is 1. The lowest BCUT2D eigenvalue weighted by Crippen LogP contribution is -2.33. The number of amides is 1. The van der Waals surface area contributed by atoms with Gasteiger partial charge in [0.15, 0.2) is 0 Å². The molecule has 1 N–H and O–H groups in total. The quantitative estimate of drug-likeness (QED) is 0.639. The number of hydrogen-bond acceptors (Lipinski definition) is 2. The van der Waals surface area contributed by atoms with Gasteiger partial charge in [-0.15, -0.1) is 12.6 Å². The van der Waals surface area contributed by atoms with E-state index in [0.29, 0.717) is 0 Å². The number of hydrogen-bond donors (Lipinski definition) is 2. The van der Waals surface area contributed by atoms with E-state index in [1.54, 1.807) is 0 Å². The minimum absolute atomic E-state index is 0.0423. The van der Waals surface area contributed by atoms with Crippen molar-refractivity contribution in [2.45, 2.75) is 42.8 Å². The molecule has 0 aromatic heterocycles. The zero-order valence-electron chi connectivity index (χ0n) is 11.3. The molecule has 2 nitrogen and oxygen atoms in total. The zero-order valence-corrected chi connectivity index (χ0v) is 12.2. The standard InChI is InChI=1S/C15H16F3NOS/c1-9(14(20)19-11-4-2-3-5-11)10-6-7-13(21)12(8-10)15(16,17)18/h6-8,11,21H,1-5H2,(H,19,20). The molecule has 0 atom stereocenters. The highest BCUT2D eigenvalue weighted by molar-refractivity contribution is 7.80. The highest BCUT2D eigenvalue weighted by Crippen LogP contribution is 2.35. The topological polar surface area (TPSA) is 29.1 Å². The summed E-state index contributed by atoms with van der Waals surface area (Å²) >= 11 is 3.80. The average molecular weight is 315 g/mol. The van der Waals surface area contributed by atoms with E-state index in [4.69, 9.17) is 0 Å². The van der Waals surface area contributed by atoms with Gasteiger partial charge in [0.25, 0.3) is 5.91 Å². The molecule has 1 aliphatic rings. The predicted octanol–water partition coefficient (Wildman–Crippen LogP) is 4.07. The molecule has 114 valence electrons. The highest BCUT2D eigenvalue weighted by atomic mass is 32.1. The van der Waals surface area contributed by atoms with Crippen LogP contribution in [0.25, 0.3) is 5.57 Å². The monoisotopic (exact) mass is 315 g/mol. The van der Waals surface area contributed by atoms with E-state index in [9.17, 15) is 18.0 Å². The average Bonchev–Trinajstić information content (AvgIpc) is 2.90. The van der Waals surface area contributed by atoms with Crippen molar-refractivity contribution >= 4 is 24.1 Å². The molecule has 6 heteroatoms. The number of thiol groups is 1. The number of halogens is 3. The summed E-state index contributed by atoms with van der Waals surface area (Å²) in [6.45, 7) is 3.62. The van der Waals surface area contributed by atoms with Gasteiger partial charge in [-0.1, -0.05) is 25.5 Å². The Kier molecular flexibility index (Phi) is 4.66. The predicted molar refractivity (Wildman–Crippen MR) is 78.1 cm³/mol. The largest absolute Gasteiger partial charge is 0.417 e. The van der Waals surface area contributed by atoms with E-state index in [1.807, 2.05) is 0 Å². The fourth-order valence-corrected chi connectivity index (χ4v) is 2.69. The molecule has 1 saturated carbocycles. The first-order valence-electron chi connectivity index (χ1n) is 6.69. The molecule has 1 aromatic carbocycles. The third kappa shape index (κ3) is 3.81. The first-order chi connectivity index (χ1) is 9.79. The van der Waals surface area contributed by atoms with Crippen LogP contribution in [0.2, 0.25) is 0 Å². The summed E-state index contributed by atoms with van der Waals surface area (Å²) < 4.78 is 38.5. The van der Waals surface area contributed by atoms with Crippen LogP contribution < -0.4 is 5.32 Å². The van der Waals surface area contributed by atoms with Crippen LogP contribution in [-0.4, -0.2) is 11.9 Å².